The first-order chi connectivity index (χ1) is 10.0. The highest BCUT2D eigenvalue weighted by molar-refractivity contribution is 5.59. The molecular weight excluding hydrogens is 270 g/mol. The van der Waals surface area contributed by atoms with Crippen LogP contribution in [0.15, 0.2) is 18.2 Å². The summed E-state index contributed by atoms with van der Waals surface area (Å²) in [6.07, 6.45) is 3.24. The Labute approximate surface area is 125 Å². The molecule has 116 valence electrons. The van der Waals surface area contributed by atoms with Crippen molar-refractivity contribution in [3.8, 4) is 5.75 Å². The van der Waals surface area contributed by atoms with Crippen LogP contribution in [-0.2, 0) is 0 Å². The summed E-state index contributed by atoms with van der Waals surface area (Å²) in [6, 6.07) is 5.21. The summed E-state index contributed by atoms with van der Waals surface area (Å²) in [5.41, 5.74) is 6.73. The Kier molecular flexibility index (Phi) is 5.01. The van der Waals surface area contributed by atoms with Crippen LogP contribution in [0.1, 0.15) is 33.1 Å². The molecule has 0 aromatic heterocycles. The molecule has 1 atom stereocenters. The molecule has 0 radical (unpaired) electrons. The molecule has 0 aliphatic carbocycles. The number of nitrogens with zero attached hydrogens (tertiary/aromatic N) is 2. The van der Waals surface area contributed by atoms with Gasteiger partial charge in [0.05, 0.1) is 17.1 Å². The molecule has 1 aliphatic heterocycles. The second kappa shape index (κ2) is 6.76. The van der Waals surface area contributed by atoms with Gasteiger partial charge in [-0.05, 0) is 33.1 Å². The van der Waals surface area contributed by atoms with E-state index in [2.05, 4.69) is 4.90 Å². The monoisotopic (exact) mass is 293 g/mol. The minimum Gasteiger partial charge on any atom is -0.491 e. The van der Waals surface area contributed by atoms with E-state index in [4.69, 9.17) is 10.5 Å². The third-order valence-electron chi connectivity index (χ3n) is 3.69. The average Bonchev–Trinajstić information content (AvgIpc) is 2.46. The Bertz CT molecular complexity index is 505. The standard InChI is InChI=1S/C15H23N3O3/c1-11(2)21-15-8-13(7-14(9-15)18(19)20)17-6-4-3-5-12(17)10-16/h7-9,11-12H,3-6,10,16H2,1-2H3. The van der Waals surface area contributed by atoms with Crippen molar-refractivity contribution >= 4 is 11.4 Å². The lowest BCUT2D eigenvalue weighted by Crippen LogP contribution is -2.44. The zero-order valence-corrected chi connectivity index (χ0v) is 12.6. The lowest BCUT2D eigenvalue weighted by molar-refractivity contribution is -0.384. The highest BCUT2D eigenvalue weighted by atomic mass is 16.6. The fraction of sp³-hybridized carbons (Fsp3) is 0.600. The third-order valence-corrected chi connectivity index (χ3v) is 3.69. The number of anilines is 1. The van der Waals surface area contributed by atoms with Crippen LogP contribution in [0.25, 0.3) is 0 Å². The quantitative estimate of drug-likeness (QED) is 0.666. The minimum atomic E-state index is -0.377. The molecule has 0 saturated carbocycles. The van der Waals surface area contributed by atoms with E-state index in [1.165, 1.54) is 6.07 Å². The molecule has 6 heteroatoms. The van der Waals surface area contributed by atoms with E-state index in [0.29, 0.717) is 12.3 Å². The van der Waals surface area contributed by atoms with E-state index >= 15 is 0 Å². The van der Waals surface area contributed by atoms with Gasteiger partial charge in [0.15, 0.2) is 0 Å². The summed E-state index contributed by atoms with van der Waals surface area (Å²) in [5, 5.41) is 11.1. The van der Waals surface area contributed by atoms with Crippen LogP contribution >= 0.6 is 0 Å². The van der Waals surface area contributed by atoms with Crippen molar-refractivity contribution in [1.82, 2.24) is 0 Å². The summed E-state index contributed by atoms with van der Waals surface area (Å²) in [7, 11) is 0. The van der Waals surface area contributed by atoms with Crippen LogP contribution in [0.4, 0.5) is 11.4 Å². The topological polar surface area (TPSA) is 81.6 Å². The molecule has 21 heavy (non-hydrogen) atoms. The molecule has 1 aromatic rings. The molecule has 1 saturated heterocycles. The molecule has 6 nitrogen and oxygen atoms in total. The summed E-state index contributed by atoms with van der Waals surface area (Å²) in [5.74, 6) is 0.538. The molecule has 1 aliphatic rings. The number of rotatable bonds is 5. The molecule has 1 heterocycles. The van der Waals surface area contributed by atoms with Crippen LogP contribution < -0.4 is 15.4 Å². The summed E-state index contributed by atoms with van der Waals surface area (Å²) in [6.45, 7) is 5.25. The largest absolute Gasteiger partial charge is 0.491 e. The molecule has 2 N–H and O–H groups in total. The second-order valence-electron chi connectivity index (χ2n) is 5.69. The van der Waals surface area contributed by atoms with Crippen LogP contribution in [0.3, 0.4) is 0 Å². The molecule has 1 aromatic carbocycles. The van der Waals surface area contributed by atoms with Gasteiger partial charge in [0, 0.05) is 37.0 Å². The number of non-ortho nitro benzene ring substituents is 1. The van der Waals surface area contributed by atoms with Gasteiger partial charge >= 0.3 is 0 Å². The second-order valence-corrected chi connectivity index (χ2v) is 5.69. The van der Waals surface area contributed by atoms with E-state index in [0.717, 1.165) is 31.5 Å². The van der Waals surface area contributed by atoms with Crippen molar-refractivity contribution in [1.29, 1.82) is 0 Å². The van der Waals surface area contributed by atoms with Gasteiger partial charge in [0.25, 0.3) is 5.69 Å². The number of piperidine rings is 1. The van der Waals surface area contributed by atoms with E-state index in [9.17, 15) is 10.1 Å². The lowest BCUT2D eigenvalue weighted by atomic mass is 10.0. The molecule has 2 rings (SSSR count). The van der Waals surface area contributed by atoms with E-state index < -0.39 is 0 Å². The fourth-order valence-electron chi connectivity index (χ4n) is 2.76. The van der Waals surface area contributed by atoms with Crippen LogP contribution in [0.5, 0.6) is 5.75 Å². The maximum Gasteiger partial charge on any atom is 0.275 e. The Morgan fingerprint density at radius 2 is 2.19 bits per heavy atom. The number of benzene rings is 1. The minimum absolute atomic E-state index is 0.0217. The van der Waals surface area contributed by atoms with Crippen molar-refractivity contribution in [3.63, 3.8) is 0 Å². The highest BCUT2D eigenvalue weighted by Crippen LogP contribution is 2.32. The van der Waals surface area contributed by atoms with Gasteiger partial charge in [0.1, 0.15) is 5.75 Å². The lowest BCUT2D eigenvalue weighted by Gasteiger charge is -2.37. The first-order valence-electron chi connectivity index (χ1n) is 7.44. The Balaban J connectivity index is 2.36. The first kappa shape index (κ1) is 15.6. The van der Waals surface area contributed by atoms with Crippen LogP contribution in [0, 0.1) is 10.1 Å². The number of nitrogens with two attached hydrogens (primary N) is 1. The maximum atomic E-state index is 11.1. The van der Waals surface area contributed by atoms with E-state index in [1.807, 2.05) is 19.9 Å². The van der Waals surface area contributed by atoms with Crippen molar-refractivity contribution in [2.75, 3.05) is 18.0 Å². The van der Waals surface area contributed by atoms with Gasteiger partial charge in [-0.15, -0.1) is 0 Å². The predicted molar refractivity (Wildman–Crippen MR) is 82.9 cm³/mol. The van der Waals surface area contributed by atoms with Gasteiger partial charge < -0.3 is 15.4 Å². The summed E-state index contributed by atoms with van der Waals surface area (Å²) >= 11 is 0. The molecule has 0 bridgehead atoms. The third kappa shape index (κ3) is 3.85. The van der Waals surface area contributed by atoms with Gasteiger partial charge in [-0.2, -0.15) is 0 Å². The average molecular weight is 293 g/mol. The van der Waals surface area contributed by atoms with Gasteiger partial charge in [-0.25, -0.2) is 0 Å². The van der Waals surface area contributed by atoms with Crippen molar-refractivity contribution in [3.05, 3.63) is 28.3 Å². The van der Waals surface area contributed by atoms with Crippen molar-refractivity contribution < 1.29 is 9.66 Å². The van der Waals surface area contributed by atoms with Crippen molar-refractivity contribution in [2.24, 2.45) is 5.73 Å². The Hall–Kier alpha value is -1.82. The van der Waals surface area contributed by atoms with E-state index in [-0.39, 0.29) is 22.8 Å². The molecular formula is C15H23N3O3. The fourth-order valence-corrected chi connectivity index (χ4v) is 2.76. The molecule has 0 amide bonds. The van der Waals surface area contributed by atoms with Gasteiger partial charge in [-0.1, -0.05) is 0 Å². The maximum absolute atomic E-state index is 11.1. The smallest absolute Gasteiger partial charge is 0.275 e. The Morgan fingerprint density at radius 3 is 2.81 bits per heavy atom. The number of nitro groups is 1. The molecule has 1 fully saturated rings. The first-order valence-corrected chi connectivity index (χ1v) is 7.44. The van der Waals surface area contributed by atoms with E-state index in [1.54, 1.807) is 6.07 Å². The van der Waals surface area contributed by atoms with Crippen LogP contribution in [0.2, 0.25) is 0 Å². The number of ether oxygens (including phenoxy) is 1. The number of nitro benzene ring substituents is 1. The van der Waals surface area contributed by atoms with Gasteiger partial charge in [0.2, 0.25) is 0 Å². The summed E-state index contributed by atoms with van der Waals surface area (Å²) < 4.78 is 5.64. The number of hydrogen-bond acceptors (Lipinski definition) is 5. The predicted octanol–water partition coefficient (Wildman–Crippen LogP) is 2.70. The number of hydrogen-bond donors (Lipinski definition) is 1. The van der Waals surface area contributed by atoms with Crippen LogP contribution in [-0.4, -0.2) is 30.2 Å². The Morgan fingerprint density at radius 1 is 1.43 bits per heavy atom. The summed E-state index contributed by atoms with van der Waals surface area (Å²) in [4.78, 5) is 12.9. The normalized spacial score (nSPS) is 18.9. The zero-order valence-electron chi connectivity index (χ0n) is 12.6. The SMILES string of the molecule is CC(C)Oc1cc(N2CCCCC2CN)cc([N+](=O)[O-])c1. The molecule has 0 spiro atoms. The zero-order chi connectivity index (χ0) is 15.4. The highest BCUT2D eigenvalue weighted by Gasteiger charge is 2.24. The van der Waals surface area contributed by atoms with Crippen molar-refractivity contribution in [2.45, 2.75) is 45.3 Å². The van der Waals surface area contributed by atoms with Gasteiger partial charge in [-0.3, -0.25) is 10.1 Å². The molecule has 1 unspecified atom stereocenters.